The Morgan fingerprint density at radius 2 is 1.91 bits per heavy atom. The quantitative estimate of drug-likeness (QED) is 0.394. The highest BCUT2D eigenvalue weighted by Gasteiger charge is 2.24. The summed E-state index contributed by atoms with van der Waals surface area (Å²) in [6.45, 7) is 0.498. The molecule has 2 N–H and O–H groups in total. The van der Waals surface area contributed by atoms with Crippen molar-refractivity contribution in [1.29, 1.82) is 0 Å². The molecule has 0 radical (unpaired) electrons. The third-order valence-electron chi connectivity index (χ3n) is 4.93. The van der Waals surface area contributed by atoms with E-state index < -0.39 is 6.03 Å². The van der Waals surface area contributed by atoms with Crippen LogP contribution in [0, 0.1) is 5.82 Å². The summed E-state index contributed by atoms with van der Waals surface area (Å²) in [7, 11) is 3.08. The molecule has 0 saturated heterocycles. The lowest BCUT2D eigenvalue weighted by Crippen LogP contribution is -2.38. The number of imidazole rings is 1. The van der Waals surface area contributed by atoms with Gasteiger partial charge in [-0.15, -0.1) is 0 Å². The molecule has 0 saturated carbocycles. The van der Waals surface area contributed by atoms with E-state index in [0.717, 1.165) is 11.1 Å². The van der Waals surface area contributed by atoms with Crippen molar-refractivity contribution in [3.63, 3.8) is 0 Å². The molecular weight excluding hydrogens is 415 g/mol. The van der Waals surface area contributed by atoms with Gasteiger partial charge in [0.2, 0.25) is 0 Å². The first-order valence-electron chi connectivity index (χ1n) is 10.1. The number of nitrogens with one attached hydrogen (secondary N) is 1. The molecule has 0 spiro atoms. The monoisotopic (exact) mass is 440 g/mol. The van der Waals surface area contributed by atoms with Gasteiger partial charge in [-0.05, 0) is 48.4 Å². The molecule has 2 amide bonds. The number of hydrogen-bond acceptors (Lipinski definition) is 5. The smallest absolute Gasteiger partial charge is 0.322 e. The molecule has 0 fully saturated rings. The number of aromatic nitrogens is 2. The number of hydrogen-bond donors (Lipinski definition) is 2. The molecule has 168 valence electrons. The van der Waals surface area contributed by atoms with Gasteiger partial charge >= 0.3 is 6.03 Å². The number of halogens is 1. The zero-order valence-corrected chi connectivity index (χ0v) is 17.9. The van der Waals surface area contributed by atoms with Gasteiger partial charge in [0.05, 0.1) is 7.11 Å². The minimum Gasteiger partial charge on any atom is -0.497 e. The first kappa shape index (κ1) is 23.0. The van der Waals surface area contributed by atoms with Gasteiger partial charge in [0, 0.05) is 32.3 Å². The summed E-state index contributed by atoms with van der Waals surface area (Å²) >= 11 is 0. The fourth-order valence-electron chi connectivity index (χ4n) is 3.20. The average molecular weight is 440 g/mol. The number of carbonyl (C=O) groups is 2. The molecule has 1 aromatic heterocycles. The summed E-state index contributed by atoms with van der Waals surface area (Å²) in [6, 6.07) is 12.7. The fraction of sp³-hybridized carbons (Fsp3) is 0.261. The van der Waals surface area contributed by atoms with Crippen molar-refractivity contribution in [2.75, 3.05) is 32.2 Å². The maximum atomic E-state index is 13.4. The number of aliphatic hydroxyl groups is 1. The number of nitrogens with zero attached hydrogens (tertiary/aromatic N) is 3. The number of anilines is 1. The Hall–Kier alpha value is -3.72. The molecule has 32 heavy (non-hydrogen) atoms. The zero-order chi connectivity index (χ0) is 23.1. The Labute approximate surface area is 185 Å². The summed E-state index contributed by atoms with van der Waals surface area (Å²) < 4.78 is 20.3. The number of methoxy groups -OCH3 is 1. The van der Waals surface area contributed by atoms with Crippen molar-refractivity contribution in [2.24, 2.45) is 0 Å². The van der Waals surface area contributed by atoms with Crippen LogP contribution in [-0.4, -0.2) is 54.3 Å². The minimum absolute atomic E-state index is 0.0442. The van der Waals surface area contributed by atoms with E-state index in [1.807, 2.05) is 12.1 Å². The number of benzene rings is 2. The Balaban J connectivity index is 2.05. The molecule has 3 rings (SSSR count). The summed E-state index contributed by atoms with van der Waals surface area (Å²) in [5.74, 6) is 0.977. The van der Waals surface area contributed by atoms with Gasteiger partial charge in [-0.3, -0.25) is 9.69 Å². The topological polar surface area (TPSA) is 96.7 Å². The number of carbonyl (C=O) groups excluding carboxylic acids is 2. The van der Waals surface area contributed by atoms with E-state index in [1.54, 1.807) is 35.9 Å². The van der Waals surface area contributed by atoms with E-state index in [-0.39, 0.29) is 37.0 Å². The lowest BCUT2D eigenvalue weighted by atomic mass is 10.2. The van der Waals surface area contributed by atoms with Crippen LogP contribution in [0.4, 0.5) is 15.0 Å². The van der Waals surface area contributed by atoms with Crippen LogP contribution in [0.3, 0.4) is 0 Å². The van der Waals surface area contributed by atoms with E-state index in [1.165, 1.54) is 24.1 Å². The molecule has 0 aliphatic carbocycles. The van der Waals surface area contributed by atoms with Gasteiger partial charge < -0.3 is 19.7 Å². The number of ether oxygens (including phenoxy) is 1. The Bertz CT molecular complexity index is 1060. The molecule has 0 aliphatic heterocycles. The second-order valence-corrected chi connectivity index (χ2v) is 7.07. The van der Waals surface area contributed by atoms with Gasteiger partial charge in [0.1, 0.15) is 23.1 Å². The summed E-state index contributed by atoms with van der Waals surface area (Å²) in [5, 5.41) is 11.6. The molecule has 0 unspecified atom stereocenters. The largest absolute Gasteiger partial charge is 0.497 e. The second-order valence-electron chi connectivity index (χ2n) is 7.07. The molecule has 0 atom stereocenters. The van der Waals surface area contributed by atoms with Crippen LogP contribution in [0.25, 0.3) is 11.4 Å². The Morgan fingerprint density at radius 1 is 1.22 bits per heavy atom. The summed E-state index contributed by atoms with van der Waals surface area (Å²) in [6.07, 6.45) is 1.06. The molecule has 0 bridgehead atoms. The van der Waals surface area contributed by atoms with E-state index in [9.17, 15) is 14.0 Å². The van der Waals surface area contributed by atoms with Gasteiger partial charge in [0.25, 0.3) is 0 Å². The first-order valence-corrected chi connectivity index (χ1v) is 10.1. The predicted octanol–water partition coefficient (Wildman–Crippen LogP) is 3.09. The van der Waals surface area contributed by atoms with E-state index in [4.69, 9.17) is 9.84 Å². The van der Waals surface area contributed by atoms with E-state index in [2.05, 4.69) is 10.3 Å². The van der Waals surface area contributed by atoms with Crippen LogP contribution >= 0.6 is 0 Å². The van der Waals surface area contributed by atoms with Gasteiger partial charge in [-0.2, -0.15) is 0 Å². The number of rotatable bonds is 9. The van der Waals surface area contributed by atoms with Gasteiger partial charge in [-0.1, -0.05) is 12.1 Å². The molecule has 2 aromatic carbocycles. The van der Waals surface area contributed by atoms with Crippen LogP contribution in [0.15, 0.2) is 48.5 Å². The molecule has 1 heterocycles. The average Bonchev–Trinajstić information content (AvgIpc) is 3.18. The lowest BCUT2D eigenvalue weighted by molar-refractivity contribution is 0.111. The highest BCUT2D eigenvalue weighted by Crippen LogP contribution is 2.29. The van der Waals surface area contributed by atoms with Crippen LogP contribution < -0.4 is 15.0 Å². The van der Waals surface area contributed by atoms with Crippen molar-refractivity contribution < 1.29 is 23.8 Å². The standard InChI is InChI=1S/C23H25FN4O4/c1-27(23(31)25-12-3-13-29)22-20(15-30)28(14-16-4-8-18(24)9-5-16)21(26-22)17-6-10-19(32-2)11-7-17/h4-11,15,29H,3,12-14H2,1-2H3,(H,25,31). The zero-order valence-electron chi connectivity index (χ0n) is 17.9. The Morgan fingerprint density at radius 3 is 2.50 bits per heavy atom. The number of amides is 2. The third-order valence-corrected chi connectivity index (χ3v) is 4.93. The fourth-order valence-corrected chi connectivity index (χ4v) is 3.20. The predicted molar refractivity (Wildman–Crippen MR) is 119 cm³/mol. The number of aliphatic hydroxyl groups excluding tert-OH is 1. The van der Waals surface area contributed by atoms with Crippen molar-refractivity contribution in [2.45, 2.75) is 13.0 Å². The van der Waals surface area contributed by atoms with Crippen molar-refractivity contribution in [1.82, 2.24) is 14.9 Å². The second kappa shape index (κ2) is 10.5. The van der Waals surface area contributed by atoms with Crippen LogP contribution in [0.5, 0.6) is 5.75 Å². The normalized spacial score (nSPS) is 10.6. The van der Waals surface area contributed by atoms with Crippen LogP contribution in [-0.2, 0) is 6.54 Å². The van der Waals surface area contributed by atoms with Crippen LogP contribution in [0.1, 0.15) is 22.5 Å². The molecule has 0 aliphatic rings. The maximum Gasteiger partial charge on any atom is 0.322 e. The minimum atomic E-state index is -0.450. The highest BCUT2D eigenvalue weighted by molar-refractivity contribution is 5.96. The third kappa shape index (κ3) is 5.12. The molecule has 3 aromatic rings. The Kier molecular flexibility index (Phi) is 7.56. The van der Waals surface area contributed by atoms with Crippen molar-refractivity contribution >= 4 is 18.1 Å². The van der Waals surface area contributed by atoms with Gasteiger partial charge in [0.15, 0.2) is 12.1 Å². The van der Waals surface area contributed by atoms with Crippen molar-refractivity contribution in [3.05, 3.63) is 65.6 Å². The number of urea groups is 1. The molecular formula is C23H25FN4O4. The van der Waals surface area contributed by atoms with Crippen molar-refractivity contribution in [3.8, 4) is 17.1 Å². The van der Waals surface area contributed by atoms with E-state index in [0.29, 0.717) is 24.3 Å². The molecule has 9 heteroatoms. The van der Waals surface area contributed by atoms with Gasteiger partial charge in [-0.25, -0.2) is 14.2 Å². The molecule has 8 nitrogen and oxygen atoms in total. The van der Waals surface area contributed by atoms with E-state index >= 15 is 0 Å². The SMILES string of the molecule is COc1ccc(-c2nc(N(C)C(=O)NCCCO)c(C=O)n2Cc2ccc(F)cc2)cc1. The lowest BCUT2D eigenvalue weighted by Gasteiger charge is -2.16. The summed E-state index contributed by atoms with van der Waals surface area (Å²) in [5.41, 5.74) is 1.69. The maximum absolute atomic E-state index is 13.4. The number of aldehydes is 1. The highest BCUT2D eigenvalue weighted by atomic mass is 19.1. The summed E-state index contributed by atoms with van der Waals surface area (Å²) in [4.78, 5) is 30.5. The first-order chi connectivity index (χ1) is 15.5. The van der Waals surface area contributed by atoms with Crippen LogP contribution in [0.2, 0.25) is 0 Å².